The van der Waals surface area contributed by atoms with Crippen LogP contribution in [0, 0.1) is 28.5 Å². The third-order valence-electron chi connectivity index (χ3n) is 1.71. The number of hydrogen-bond donors (Lipinski definition) is 1. The topological polar surface area (TPSA) is 59.6 Å². The molecule has 0 fully saturated rings. The molecule has 78 valence electrons. The number of anilines is 1. The highest BCUT2D eigenvalue weighted by Gasteiger charge is 1.92. The van der Waals surface area contributed by atoms with Crippen LogP contribution in [0.1, 0.15) is 0 Å². The maximum Gasteiger partial charge on any atom is 0.123 e. The Bertz CT molecular complexity index is 486. The number of hydrogen-bond acceptors (Lipinski definition) is 3. The predicted molar refractivity (Wildman–Crippen MR) is 58.5 cm³/mol. The van der Waals surface area contributed by atoms with E-state index in [2.05, 4.69) is 5.32 Å². The lowest BCUT2D eigenvalue weighted by Crippen LogP contribution is -1.89. The van der Waals surface area contributed by atoms with Gasteiger partial charge < -0.3 is 5.32 Å². The minimum Gasteiger partial charge on any atom is -0.360 e. The van der Waals surface area contributed by atoms with Gasteiger partial charge in [-0.05, 0) is 30.3 Å². The Labute approximate surface area is 92.7 Å². The Kier molecular flexibility index (Phi) is 4.31. The van der Waals surface area contributed by atoms with Crippen LogP contribution in [0.5, 0.6) is 0 Å². The summed E-state index contributed by atoms with van der Waals surface area (Å²) >= 11 is 0. The molecule has 1 aromatic carbocycles. The number of benzene rings is 1. The molecule has 0 amide bonds. The van der Waals surface area contributed by atoms with Gasteiger partial charge >= 0.3 is 0 Å². The number of nitrogens with one attached hydrogen (secondary N) is 1. The van der Waals surface area contributed by atoms with Crippen molar-refractivity contribution >= 4 is 5.69 Å². The molecule has 0 unspecified atom stereocenters. The minimum atomic E-state index is -0.320. The van der Waals surface area contributed by atoms with Crippen molar-refractivity contribution in [3.63, 3.8) is 0 Å². The first-order valence-electron chi connectivity index (χ1n) is 4.45. The lowest BCUT2D eigenvalue weighted by Gasteiger charge is -1.99. The van der Waals surface area contributed by atoms with Gasteiger partial charge in [-0.25, -0.2) is 4.39 Å². The minimum absolute atomic E-state index is 0.311. The Hall–Kier alpha value is -2.59. The summed E-state index contributed by atoms with van der Waals surface area (Å²) in [5.74, 6) is -0.320. The molecule has 0 spiro atoms. The van der Waals surface area contributed by atoms with E-state index in [-0.39, 0.29) is 5.82 Å². The number of halogens is 1. The lowest BCUT2D eigenvalue weighted by atomic mass is 10.2. The normalized spacial score (nSPS) is 10.8. The first kappa shape index (κ1) is 11.5. The van der Waals surface area contributed by atoms with Gasteiger partial charge in [-0.2, -0.15) is 10.5 Å². The Morgan fingerprint density at radius 1 is 1.25 bits per heavy atom. The van der Waals surface area contributed by atoms with E-state index in [9.17, 15) is 4.39 Å². The highest BCUT2D eigenvalue weighted by molar-refractivity contribution is 5.48. The molecule has 0 aliphatic carbocycles. The van der Waals surface area contributed by atoms with Crippen molar-refractivity contribution in [1.29, 1.82) is 10.5 Å². The van der Waals surface area contributed by atoms with Gasteiger partial charge in [0.1, 0.15) is 11.9 Å². The summed E-state index contributed by atoms with van der Waals surface area (Å²) in [6.07, 6.45) is 4.04. The van der Waals surface area contributed by atoms with Crippen LogP contribution in [0.15, 0.2) is 48.2 Å². The van der Waals surface area contributed by atoms with Crippen LogP contribution in [0.2, 0.25) is 0 Å². The summed E-state index contributed by atoms with van der Waals surface area (Å²) in [6.45, 7) is 0. The van der Waals surface area contributed by atoms with Crippen LogP contribution in [-0.2, 0) is 0 Å². The molecule has 0 heterocycles. The standard InChI is InChI=1S/C12H8FN3/c13-11-3-5-12(6-4-11)16-9-10(8-15)2-1-7-14/h1-6,9,16H/b2-1+,10-9-. The summed E-state index contributed by atoms with van der Waals surface area (Å²) in [6, 6.07) is 9.42. The van der Waals surface area contributed by atoms with E-state index in [1.807, 2.05) is 6.07 Å². The summed E-state index contributed by atoms with van der Waals surface area (Å²) in [4.78, 5) is 0. The van der Waals surface area contributed by atoms with E-state index in [0.29, 0.717) is 11.3 Å². The van der Waals surface area contributed by atoms with Crippen LogP contribution in [0.25, 0.3) is 0 Å². The average molecular weight is 213 g/mol. The molecule has 0 aliphatic heterocycles. The van der Waals surface area contributed by atoms with E-state index < -0.39 is 0 Å². The molecule has 1 N–H and O–H groups in total. The zero-order chi connectivity index (χ0) is 11.8. The van der Waals surface area contributed by atoms with E-state index in [4.69, 9.17) is 10.5 Å². The van der Waals surface area contributed by atoms with Crippen molar-refractivity contribution in [3.8, 4) is 12.1 Å². The van der Waals surface area contributed by atoms with Crippen molar-refractivity contribution in [3.05, 3.63) is 54.0 Å². The van der Waals surface area contributed by atoms with E-state index in [1.54, 1.807) is 18.2 Å². The molecule has 16 heavy (non-hydrogen) atoms. The van der Waals surface area contributed by atoms with Gasteiger partial charge in [-0.3, -0.25) is 0 Å². The number of rotatable bonds is 3. The van der Waals surface area contributed by atoms with Gasteiger partial charge in [-0.1, -0.05) is 0 Å². The van der Waals surface area contributed by atoms with Crippen LogP contribution in [-0.4, -0.2) is 0 Å². The van der Waals surface area contributed by atoms with Gasteiger partial charge in [0.25, 0.3) is 0 Å². The van der Waals surface area contributed by atoms with Crippen molar-refractivity contribution in [2.45, 2.75) is 0 Å². The van der Waals surface area contributed by atoms with Crippen molar-refractivity contribution in [1.82, 2.24) is 0 Å². The summed E-state index contributed by atoms with van der Waals surface area (Å²) in [7, 11) is 0. The van der Waals surface area contributed by atoms with E-state index in [0.717, 1.165) is 0 Å². The van der Waals surface area contributed by atoms with E-state index in [1.165, 1.54) is 30.5 Å². The molecule has 0 saturated carbocycles. The second kappa shape index (κ2) is 6.00. The van der Waals surface area contributed by atoms with Gasteiger partial charge in [-0.15, -0.1) is 0 Å². The number of nitrogens with zero attached hydrogens (tertiary/aromatic N) is 2. The van der Waals surface area contributed by atoms with Gasteiger partial charge in [0.2, 0.25) is 0 Å². The van der Waals surface area contributed by atoms with Crippen LogP contribution < -0.4 is 5.32 Å². The first-order chi connectivity index (χ1) is 7.76. The van der Waals surface area contributed by atoms with Crippen molar-refractivity contribution in [2.24, 2.45) is 0 Å². The second-order valence-corrected chi connectivity index (χ2v) is 2.83. The highest BCUT2D eigenvalue weighted by Crippen LogP contribution is 2.08. The second-order valence-electron chi connectivity index (χ2n) is 2.83. The Morgan fingerprint density at radius 2 is 1.94 bits per heavy atom. The van der Waals surface area contributed by atoms with Crippen molar-refractivity contribution in [2.75, 3.05) is 5.32 Å². The molecular formula is C12H8FN3. The molecule has 0 radical (unpaired) electrons. The molecule has 0 aromatic heterocycles. The van der Waals surface area contributed by atoms with Crippen LogP contribution in [0.4, 0.5) is 10.1 Å². The van der Waals surface area contributed by atoms with Gasteiger partial charge in [0.05, 0.1) is 11.6 Å². The Balaban J connectivity index is 2.72. The lowest BCUT2D eigenvalue weighted by molar-refractivity contribution is 0.628. The molecule has 0 bridgehead atoms. The largest absolute Gasteiger partial charge is 0.360 e. The molecular weight excluding hydrogens is 205 g/mol. The SMILES string of the molecule is N#C/C=C/C(C#N)=C/Nc1ccc(F)cc1. The smallest absolute Gasteiger partial charge is 0.123 e. The molecule has 4 heteroatoms. The fraction of sp³-hybridized carbons (Fsp3) is 0. The monoisotopic (exact) mass is 213 g/mol. The summed E-state index contributed by atoms with van der Waals surface area (Å²) in [5, 5.41) is 19.8. The molecule has 0 atom stereocenters. The highest BCUT2D eigenvalue weighted by atomic mass is 19.1. The fourth-order valence-corrected chi connectivity index (χ4v) is 0.952. The third-order valence-corrected chi connectivity index (χ3v) is 1.71. The third kappa shape index (κ3) is 3.65. The zero-order valence-electron chi connectivity index (χ0n) is 8.31. The van der Waals surface area contributed by atoms with Gasteiger partial charge in [0.15, 0.2) is 0 Å². The zero-order valence-corrected chi connectivity index (χ0v) is 8.31. The Morgan fingerprint density at radius 3 is 2.50 bits per heavy atom. The van der Waals surface area contributed by atoms with Gasteiger partial charge in [0, 0.05) is 18.0 Å². The van der Waals surface area contributed by atoms with Crippen molar-refractivity contribution < 1.29 is 4.39 Å². The molecule has 0 saturated heterocycles. The molecule has 1 aromatic rings. The maximum atomic E-state index is 12.6. The number of nitriles is 2. The van der Waals surface area contributed by atoms with Crippen LogP contribution >= 0.6 is 0 Å². The fourth-order valence-electron chi connectivity index (χ4n) is 0.952. The molecule has 0 aliphatic rings. The maximum absolute atomic E-state index is 12.6. The van der Waals surface area contributed by atoms with E-state index >= 15 is 0 Å². The molecule has 3 nitrogen and oxygen atoms in total. The quantitative estimate of drug-likeness (QED) is 0.620. The summed E-state index contributed by atoms with van der Waals surface area (Å²) in [5.41, 5.74) is 0.977. The van der Waals surface area contributed by atoms with Crippen LogP contribution in [0.3, 0.4) is 0 Å². The predicted octanol–water partition coefficient (Wildman–Crippen LogP) is 2.72. The number of allylic oxidation sites excluding steroid dienone is 3. The summed E-state index contributed by atoms with van der Waals surface area (Å²) < 4.78 is 12.6. The average Bonchev–Trinajstić information content (AvgIpc) is 2.32. The molecule has 1 rings (SSSR count). The first-order valence-corrected chi connectivity index (χ1v) is 4.45.